The fourth-order valence-corrected chi connectivity index (χ4v) is 10.3. The highest BCUT2D eigenvalue weighted by molar-refractivity contribution is 5.92. The van der Waals surface area contributed by atoms with E-state index in [9.17, 15) is 0 Å². The van der Waals surface area contributed by atoms with E-state index in [1.807, 2.05) is 0 Å². The molecule has 9 aromatic carbocycles. The number of anilines is 6. The summed E-state index contributed by atoms with van der Waals surface area (Å²) in [4.78, 5) is 4.85. The molecule has 10 rings (SSSR count). The van der Waals surface area contributed by atoms with E-state index in [0.29, 0.717) is 0 Å². The van der Waals surface area contributed by atoms with Gasteiger partial charge in [-0.05, 0) is 118 Å². The molecule has 0 aromatic heterocycles. The molecule has 0 spiro atoms. The summed E-state index contributed by atoms with van der Waals surface area (Å²) in [5, 5.41) is 0. The highest BCUT2D eigenvalue weighted by atomic mass is 15.1. The zero-order chi connectivity index (χ0) is 44.7. The van der Waals surface area contributed by atoms with E-state index in [0.717, 1.165) is 29.2 Å². The fraction of sp³-hybridized carbons (Fsp3) is 0.156. The summed E-state index contributed by atoms with van der Waals surface area (Å²) in [6.45, 7) is 4.82. The summed E-state index contributed by atoms with van der Waals surface area (Å²) >= 11 is 0. The zero-order valence-electron chi connectivity index (χ0n) is 38.3. The molecule has 0 saturated carbocycles. The van der Waals surface area contributed by atoms with Gasteiger partial charge in [0, 0.05) is 39.3 Å². The monoisotopic (exact) mass is 854 g/mol. The van der Waals surface area contributed by atoms with Crippen LogP contribution < -0.4 is 9.80 Å². The summed E-state index contributed by atoms with van der Waals surface area (Å²) in [6.07, 6.45) is 8.75. The van der Waals surface area contributed by atoms with Gasteiger partial charge < -0.3 is 9.80 Å². The SMILES string of the molecule is CCCCCCCCC1(C)c2cc(-c3ccc(N(c4ccccc4)c4ccccc4-c4ccccc4)cc3)ccc2-c2ccc(N(c3ccccc3)c3ccccc3-c3ccccc3)cc21. The van der Waals surface area contributed by atoms with Gasteiger partial charge in [0.2, 0.25) is 0 Å². The van der Waals surface area contributed by atoms with Crippen molar-refractivity contribution in [2.24, 2.45) is 0 Å². The minimum Gasteiger partial charge on any atom is -0.310 e. The van der Waals surface area contributed by atoms with Crippen molar-refractivity contribution < 1.29 is 0 Å². The summed E-state index contributed by atoms with van der Waals surface area (Å²) in [5.74, 6) is 0. The van der Waals surface area contributed by atoms with Crippen LogP contribution in [0, 0.1) is 0 Å². The number of benzene rings is 9. The Hall–Kier alpha value is -7.42. The van der Waals surface area contributed by atoms with E-state index in [4.69, 9.17) is 0 Å². The molecular weight excluding hydrogens is 797 g/mol. The first kappa shape index (κ1) is 42.5. The standard InChI is InChI=1S/C64H58N2/c1-3-4-5-6-7-24-45-64(2)60-46-51(48-37-40-54(41-38-48)65(52-29-16-10-17-30-52)62-35-22-20-33-56(62)49-25-12-8-13-26-49)39-43-58(60)59-44-42-55(47-61(59)64)66(53-31-18-11-19-32-53)63-36-23-21-34-57(63)50-27-14-9-15-28-50/h8-23,25-44,46-47H,3-7,24,45H2,1-2H3. The Morgan fingerprint density at radius 1 is 0.318 bits per heavy atom. The van der Waals surface area contributed by atoms with Gasteiger partial charge in [-0.1, -0.05) is 216 Å². The molecule has 0 aliphatic heterocycles. The second kappa shape index (κ2) is 19.4. The van der Waals surface area contributed by atoms with Crippen molar-refractivity contribution in [3.63, 3.8) is 0 Å². The number of para-hydroxylation sites is 4. The molecule has 0 radical (unpaired) electrons. The van der Waals surface area contributed by atoms with Gasteiger partial charge in [0.15, 0.2) is 0 Å². The third-order valence-corrected chi connectivity index (χ3v) is 13.7. The van der Waals surface area contributed by atoms with Crippen LogP contribution in [0.1, 0.15) is 69.9 Å². The Labute approximate surface area is 392 Å². The van der Waals surface area contributed by atoms with Crippen LogP contribution in [-0.2, 0) is 5.41 Å². The van der Waals surface area contributed by atoms with E-state index >= 15 is 0 Å². The molecule has 1 atom stereocenters. The van der Waals surface area contributed by atoms with E-state index in [1.54, 1.807) is 0 Å². The van der Waals surface area contributed by atoms with Crippen molar-refractivity contribution >= 4 is 34.1 Å². The molecule has 0 saturated heterocycles. The average molecular weight is 855 g/mol. The maximum absolute atomic E-state index is 2.52. The molecule has 0 bridgehead atoms. The number of nitrogens with zero attached hydrogens (tertiary/aromatic N) is 2. The van der Waals surface area contributed by atoms with Crippen LogP contribution in [0.25, 0.3) is 44.5 Å². The molecule has 1 unspecified atom stereocenters. The van der Waals surface area contributed by atoms with Crippen molar-refractivity contribution in [1.29, 1.82) is 0 Å². The molecule has 1 aliphatic carbocycles. The van der Waals surface area contributed by atoms with Gasteiger partial charge in [0.25, 0.3) is 0 Å². The fourth-order valence-electron chi connectivity index (χ4n) is 10.3. The van der Waals surface area contributed by atoms with Gasteiger partial charge in [-0.2, -0.15) is 0 Å². The van der Waals surface area contributed by atoms with Crippen molar-refractivity contribution in [2.45, 2.75) is 64.2 Å². The minimum atomic E-state index is -0.159. The molecule has 0 N–H and O–H groups in total. The van der Waals surface area contributed by atoms with Gasteiger partial charge in [-0.3, -0.25) is 0 Å². The predicted octanol–water partition coefficient (Wildman–Crippen LogP) is 18.7. The third kappa shape index (κ3) is 8.48. The highest BCUT2D eigenvalue weighted by Crippen LogP contribution is 2.54. The van der Waals surface area contributed by atoms with Gasteiger partial charge in [0.1, 0.15) is 0 Å². The summed E-state index contributed by atoms with van der Waals surface area (Å²) in [5.41, 5.74) is 19.6. The number of fused-ring (bicyclic) bond motifs is 3. The molecule has 1 aliphatic rings. The number of rotatable bonds is 16. The lowest BCUT2D eigenvalue weighted by molar-refractivity contribution is 0.481. The Morgan fingerprint density at radius 2 is 0.727 bits per heavy atom. The summed E-state index contributed by atoms with van der Waals surface area (Å²) in [7, 11) is 0. The van der Waals surface area contributed by atoms with Gasteiger partial charge in [-0.25, -0.2) is 0 Å². The molecule has 0 heterocycles. The zero-order valence-corrected chi connectivity index (χ0v) is 38.3. The lowest BCUT2D eigenvalue weighted by Crippen LogP contribution is -2.21. The molecule has 66 heavy (non-hydrogen) atoms. The second-order valence-corrected chi connectivity index (χ2v) is 18.0. The highest BCUT2D eigenvalue weighted by Gasteiger charge is 2.40. The topological polar surface area (TPSA) is 6.48 Å². The Kier molecular flexibility index (Phi) is 12.5. The normalized spacial score (nSPS) is 13.8. The average Bonchev–Trinajstić information content (AvgIpc) is 3.63. The van der Waals surface area contributed by atoms with Crippen LogP contribution in [0.5, 0.6) is 0 Å². The van der Waals surface area contributed by atoms with Gasteiger partial charge in [-0.15, -0.1) is 0 Å². The maximum atomic E-state index is 2.52. The first-order chi connectivity index (χ1) is 32.6. The van der Waals surface area contributed by atoms with Gasteiger partial charge >= 0.3 is 0 Å². The lowest BCUT2D eigenvalue weighted by Gasteiger charge is -2.31. The van der Waals surface area contributed by atoms with E-state index in [2.05, 4.69) is 254 Å². The maximum Gasteiger partial charge on any atom is 0.0540 e. The quantitative estimate of drug-likeness (QED) is 0.0894. The molecule has 2 nitrogen and oxygen atoms in total. The third-order valence-electron chi connectivity index (χ3n) is 13.7. The minimum absolute atomic E-state index is 0.159. The number of hydrogen-bond acceptors (Lipinski definition) is 2. The molecule has 0 amide bonds. The Bertz CT molecular complexity index is 3010. The van der Waals surface area contributed by atoms with Crippen molar-refractivity contribution in [3.05, 3.63) is 242 Å². The Morgan fingerprint density at radius 3 is 1.29 bits per heavy atom. The van der Waals surface area contributed by atoms with Crippen LogP contribution in [0.3, 0.4) is 0 Å². The first-order valence-electron chi connectivity index (χ1n) is 24.0. The predicted molar refractivity (Wildman–Crippen MR) is 282 cm³/mol. The second-order valence-electron chi connectivity index (χ2n) is 18.0. The van der Waals surface area contributed by atoms with E-state index < -0.39 is 0 Å². The smallest absolute Gasteiger partial charge is 0.0540 e. The van der Waals surface area contributed by atoms with Crippen molar-refractivity contribution in [2.75, 3.05) is 9.80 Å². The van der Waals surface area contributed by atoms with Crippen molar-refractivity contribution in [1.82, 2.24) is 0 Å². The van der Waals surface area contributed by atoms with Gasteiger partial charge in [0.05, 0.1) is 11.4 Å². The summed E-state index contributed by atoms with van der Waals surface area (Å²) in [6, 6.07) is 84.4. The summed E-state index contributed by atoms with van der Waals surface area (Å²) < 4.78 is 0. The van der Waals surface area contributed by atoms with Crippen LogP contribution in [0.15, 0.2) is 231 Å². The molecular formula is C64H58N2. The van der Waals surface area contributed by atoms with Crippen LogP contribution >= 0.6 is 0 Å². The van der Waals surface area contributed by atoms with E-state index in [-0.39, 0.29) is 5.41 Å². The Balaban J connectivity index is 1.04. The van der Waals surface area contributed by atoms with Crippen LogP contribution in [-0.4, -0.2) is 0 Å². The van der Waals surface area contributed by atoms with Crippen molar-refractivity contribution in [3.8, 4) is 44.5 Å². The first-order valence-corrected chi connectivity index (χ1v) is 24.0. The van der Waals surface area contributed by atoms with Crippen LogP contribution in [0.2, 0.25) is 0 Å². The molecule has 9 aromatic rings. The lowest BCUT2D eigenvalue weighted by atomic mass is 9.75. The molecule has 2 heteroatoms. The van der Waals surface area contributed by atoms with Crippen LogP contribution in [0.4, 0.5) is 34.1 Å². The molecule has 324 valence electrons. The largest absolute Gasteiger partial charge is 0.310 e. The molecule has 0 fully saturated rings. The number of unbranched alkanes of at least 4 members (excludes halogenated alkanes) is 5. The van der Waals surface area contributed by atoms with E-state index in [1.165, 1.54) is 106 Å². The number of hydrogen-bond donors (Lipinski definition) is 0.